The number of ether oxygens (including phenoxy) is 1. The fourth-order valence-corrected chi connectivity index (χ4v) is 2.85. The number of nitrogens with one attached hydrogen (secondary N) is 1. The first-order valence-corrected chi connectivity index (χ1v) is 7.23. The van der Waals surface area contributed by atoms with Crippen molar-refractivity contribution in [1.82, 2.24) is 9.55 Å². The van der Waals surface area contributed by atoms with E-state index in [-0.39, 0.29) is 17.6 Å². The van der Waals surface area contributed by atoms with Gasteiger partial charge in [0, 0.05) is 44.2 Å². The molecule has 1 aliphatic rings. The highest BCUT2D eigenvalue weighted by Crippen LogP contribution is 2.39. The number of carbonyl (C=O) groups excluding carboxylic acids is 1. The molecular weight excluding hydrogens is 282 g/mol. The first-order valence-electron chi connectivity index (χ1n) is 7.23. The highest BCUT2D eigenvalue weighted by molar-refractivity contribution is 5.95. The van der Waals surface area contributed by atoms with Crippen LogP contribution in [-0.2, 0) is 16.1 Å². The average molecular weight is 301 g/mol. The second kappa shape index (κ2) is 5.81. The molecule has 116 valence electrons. The molecule has 6 heteroatoms. The van der Waals surface area contributed by atoms with E-state index in [9.17, 15) is 9.90 Å². The number of imidazole rings is 1. The summed E-state index contributed by atoms with van der Waals surface area (Å²) in [5.74, 6) is 0.845. The summed E-state index contributed by atoms with van der Waals surface area (Å²) in [6.45, 7) is 3.13. The number of anilines is 1. The van der Waals surface area contributed by atoms with E-state index < -0.39 is 0 Å². The van der Waals surface area contributed by atoms with E-state index >= 15 is 0 Å². The van der Waals surface area contributed by atoms with E-state index in [1.807, 2.05) is 23.8 Å². The van der Waals surface area contributed by atoms with Gasteiger partial charge in [-0.3, -0.25) is 4.79 Å². The van der Waals surface area contributed by atoms with E-state index in [1.165, 1.54) is 0 Å². The molecule has 1 atom stereocenters. The highest BCUT2D eigenvalue weighted by atomic mass is 16.5. The van der Waals surface area contributed by atoms with Crippen LogP contribution in [0.1, 0.15) is 29.3 Å². The van der Waals surface area contributed by atoms with E-state index in [0.717, 1.165) is 17.0 Å². The molecule has 0 saturated heterocycles. The molecule has 1 aromatic heterocycles. The van der Waals surface area contributed by atoms with Gasteiger partial charge in [-0.1, -0.05) is 0 Å². The van der Waals surface area contributed by atoms with Crippen molar-refractivity contribution in [2.75, 3.05) is 19.0 Å². The Morgan fingerprint density at radius 2 is 2.32 bits per heavy atom. The number of nitrogens with zero attached hydrogens (tertiary/aromatic N) is 2. The summed E-state index contributed by atoms with van der Waals surface area (Å²) >= 11 is 0. The molecule has 0 fully saturated rings. The van der Waals surface area contributed by atoms with Crippen molar-refractivity contribution in [2.45, 2.75) is 25.8 Å². The lowest BCUT2D eigenvalue weighted by Gasteiger charge is -2.26. The van der Waals surface area contributed by atoms with Crippen molar-refractivity contribution in [2.24, 2.45) is 0 Å². The number of methoxy groups -OCH3 is 1. The Morgan fingerprint density at radius 3 is 3.09 bits per heavy atom. The maximum absolute atomic E-state index is 12.0. The maximum Gasteiger partial charge on any atom is 0.225 e. The van der Waals surface area contributed by atoms with Crippen LogP contribution in [0.25, 0.3) is 0 Å². The van der Waals surface area contributed by atoms with Crippen molar-refractivity contribution in [3.63, 3.8) is 0 Å². The number of fused-ring (bicyclic) bond motifs is 1. The van der Waals surface area contributed by atoms with Gasteiger partial charge in [0.1, 0.15) is 11.6 Å². The summed E-state index contributed by atoms with van der Waals surface area (Å²) in [4.78, 5) is 16.4. The van der Waals surface area contributed by atoms with Gasteiger partial charge in [-0.25, -0.2) is 4.98 Å². The zero-order valence-corrected chi connectivity index (χ0v) is 12.7. The van der Waals surface area contributed by atoms with Crippen LogP contribution in [0.15, 0.2) is 24.5 Å². The van der Waals surface area contributed by atoms with Gasteiger partial charge in [0.2, 0.25) is 5.91 Å². The predicted molar refractivity (Wildman–Crippen MR) is 82.0 cm³/mol. The van der Waals surface area contributed by atoms with Crippen molar-refractivity contribution in [1.29, 1.82) is 0 Å². The van der Waals surface area contributed by atoms with Crippen molar-refractivity contribution in [3.05, 3.63) is 41.5 Å². The van der Waals surface area contributed by atoms with Gasteiger partial charge < -0.3 is 19.7 Å². The molecule has 1 amide bonds. The van der Waals surface area contributed by atoms with E-state index in [0.29, 0.717) is 25.3 Å². The number of benzene rings is 1. The molecule has 0 saturated carbocycles. The lowest BCUT2D eigenvalue weighted by molar-refractivity contribution is -0.116. The molecule has 1 aromatic carbocycles. The Labute approximate surface area is 128 Å². The number of rotatable bonds is 4. The molecule has 1 aliphatic heterocycles. The van der Waals surface area contributed by atoms with Crippen LogP contribution >= 0.6 is 0 Å². The standard InChI is InChI=1S/C16H19N3O3/c1-10-7-11-12(8-15(21)18-13(11)9-14(10)20)16-17-3-4-19(16)5-6-22-2/h3-4,7,9,12,20H,5-6,8H2,1-2H3,(H,18,21)/t12-/m0/s1. The molecule has 0 bridgehead atoms. The molecule has 6 nitrogen and oxygen atoms in total. The van der Waals surface area contributed by atoms with Crippen molar-refractivity contribution < 1.29 is 14.6 Å². The monoisotopic (exact) mass is 301 g/mol. The molecule has 0 spiro atoms. The second-order valence-corrected chi connectivity index (χ2v) is 5.50. The number of hydrogen-bond acceptors (Lipinski definition) is 4. The number of aromatic hydroxyl groups is 1. The number of amides is 1. The topological polar surface area (TPSA) is 76.4 Å². The first kappa shape index (κ1) is 14.6. The Hall–Kier alpha value is -2.34. The molecular formula is C16H19N3O3. The summed E-state index contributed by atoms with van der Waals surface area (Å²) in [6, 6.07) is 3.53. The van der Waals surface area contributed by atoms with Gasteiger partial charge in [-0.05, 0) is 24.1 Å². The molecule has 0 radical (unpaired) electrons. The summed E-state index contributed by atoms with van der Waals surface area (Å²) < 4.78 is 7.13. The van der Waals surface area contributed by atoms with Crippen molar-refractivity contribution >= 4 is 11.6 Å². The summed E-state index contributed by atoms with van der Waals surface area (Å²) in [7, 11) is 1.66. The normalized spacial score (nSPS) is 17.2. The molecule has 0 unspecified atom stereocenters. The first-order chi connectivity index (χ1) is 10.6. The Bertz CT molecular complexity index is 709. The van der Waals surface area contributed by atoms with Gasteiger partial charge in [0.15, 0.2) is 0 Å². The number of aryl methyl sites for hydroxylation is 1. The Morgan fingerprint density at radius 1 is 1.50 bits per heavy atom. The van der Waals surface area contributed by atoms with Gasteiger partial charge >= 0.3 is 0 Å². The fraction of sp³-hybridized carbons (Fsp3) is 0.375. The average Bonchev–Trinajstić information content (AvgIpc) is 2.94. The summed E-state index contributed by atoms with van der Waals surface area (Å²) in [5.41, 5.74) is 2.43. The van der Waals surface area contributed by atoms with E-state index in [2.05, 4.69) is 10.3 Å². The van der Waals surface area contributed by atoms with Gasteiger partial charge in [0.25, 0.3) is 0 Å². The molecule has 2 N–H and O–H groups in total. The van der Waals surface area contributed by atoms with Crippen LogP contribution in [0.4, 0.5) is 5.69 Å². The largest absolute Gasteiger partial charge is 0.508 e. The summed E-state index contributed by atoms with van der Waals surface area (Å²) in [6.07, 6.45) is 3.99. The lowest BCUT2D eigenvalue weighted by atomic mass is 9.88. The van der Waals surface area contributed by atoms with Crippen LogP contribution < -0.4 is 5.32 Å². The van der Waals surface area contributed by atoms with Crippen molar-refractivity contribution in [3.8, 4) is 5.75 Å². The number of hydrogen-bond donors (Lipinski definition) is 2. The van der Waals surface area contributed by atoms with Gasteiger partial charge in [0.05, 0.1) is 12.5 Å². The minimum atomic E-state index is -0.116. The predicted octanol–water partition coefficient (Wildman–Crippen LogP) is 2.02. The van der Waals surface area contributed by atoms with Gasteiger partial charge in [-0.15, -0.1) is 0 Å². The van der Waals surface area contributed by atoms with Crippen LogP contribution in [0.3, 0.4) is 0 Å². The number of phenolic OH excluding ortho intramolecular Hbond substituents is 1. The molecule has 2 heterocycles. The zero-order chi connectivity index (χ0) is 15.7. The minimum Gasteiger partial charge on any atom is -0.508 e. The molecule has 22 heavy (non-hydrogen) atoms. The van der Waals surface area contributed by atoms with Crippen LogP contribution in [0, 0.1) is 6.92 Å². The van der Waals surface area contributed by atoms with E-state index in [4.69, 9.17) is 4.74 Å². The third kappa shape index (κ3) is 2.57. The number of phenols is 1. The SMILES string of the molecule is COCCn1ccnc1[C@H]1CC(=O)Nc2cc(O)c(C)cc21. The number of aromatic nitrogens is 2. The van der Waals surface area contributed by atoms with Crippen LogP contribution in [0.2, 0.25) is 0 Å². The smallest absolute Gasteiger partial charge is 0.225 e. The third-order valence-electron chi connectivity index (χ3n) is 4.00. The summed E-state index contributed by atoms with van der Waals surface area (Å²) in [5, 5.41) is 12.7. The maximum atomic E-state index is 12.0. The molecule has 0 aliphatic carbocycles. The Balaban J connectivity index is 2.04. The highest BCUT2D eigenvalue weighted by Gasteiger charge is 2.30. The fourth-order valence-electron chi connectivity index (χ4n) is 2.85. The quantitative estimate of drug-likeness (QED) is 0.906. The van der Waals surface area contributed by atoms with Gasteiger partial charge in [-0.2, -0.15) is 0 Å². The number of carbonyl (C=O) groups is 1. The lowest BCUT2D eigenvalue weighted by Crippen LogP contribution is -2.25. The van der Waals surface area contributed by atoms with Crippen LogP contribution in [0.5, 0.6) is 5.75 Å². The molecule has 3 rings (SSSR count). The molecule has 2 aromatic rings. The minimum absolute atomic E-state index is 0.0676. The third-order valence-corrected chi connectivity index (χ3v) is 4.00. The second-order valence-electron chi connectivity index (χ2n) is 5.50. The van der Waals surface area contributed by atoms with Crippen LogP contribution in [-0.4, -0.2) is 34.3 Å². The zero-order valence-electron chi connectivity index (χ0n) is 12.7. The van der Waals surface area contributed by atoms with E-state index in [1.54, 1.807) is 19.4 Å². The Kier molecular flexibility index (Phi) is 3.85.